The summed E-state index contributed by atoms with van der Waals surface area (Å²) in [4.78, 5) is 0. The smallest absolute Gasteiger partial charge is 0.163 e. The van der Waals surface area contributed by atoms with Crippen LogP contribution in [0.3, 0.4) is 0 Å². The summed E-state index contributed by atoms with van der Waals surface area (Å²) in [5.74, 6) is 0.538. The van der Waals surface area contributed by atoms with Crippen LogP contribution in [-0.4, -0.2) is 14.2 Å². The van der Waals surface area contributed by atoms with Crippen LogP contribution < -0.4 is 15.2 Å². The van der Waals surface area contributed by atoms with Crippen LogP contribution in [0.1, 0.15) is 31.4 Å². The van der Waals surface area contributed by atoms with Gasteiger partial charge in [-0.2, -0.15) is 0 Å². The molecular formula is C12H19ClFNO2. The minimum atomic E-state index is -0.349. The largest absolute Gasteiger partial charge is 0.493 e. The van der Waals surface area contributed by atoms with Gasteiger partial charge in [-0.15, -0.1) is 12.4 Å². The van der Waals surface area contributed by atoms with Gasteiger partial charge in [0, 0.05) is 17.7 Å². The van der Waals surface area contributed by atoms with Gasteiger partial charge < -0.3 is 15.2 Å². The fourth-order valence-electron chi connectivity index (χ4n) is 1.62. The minimum absolute atomic E-state index is 0. The van der Waals surface area contributed by atoms with E-state index >= 15 is 0 Å². The van der Waals surface area contributed by atoms with Crippen molar-refractivity contribution in [2.45, 2.75) is 25.8 Å². The average Bonchev–Trinajstić information content (AvgIpc) is 2.28. The monoisotopic (exact) mass is 263 g/mol. The van der Waals surface area contributed by atoms with Crippen molar-refractivity contribution in [1.82, 2.24) is 0 Å². The van der Waals surface area contributed by atoms with Gasteiger partial charge in [-0.3, -0.25) is 0 Å². The molecule has 0 heterocycles. The lowest BCUT2D eigenvalue weighted by atomic mass is 10.0. The van der Waals surface area contributed by atoms with Crippen LogP contribution >= 0.6 is 12.4 Å². The number of hydrogen-bond acceptors (Lipinski definition) is 3. The third-order valence-corrected chi connectivity index (χ3v) is 2.50. The van der Waals surface area contributed by atoms with Crippen LogP contribution in [0.15, 0.2) is 12.1 Å². The molecule has 0 radical (unpaired) electrons. The van der Waals surface area contributed by atoms with Crippen molar-refractivity contribution in [3.05, 3.63) is 23.5 Å². The molecular weight excluding hydrogens is 245 g/mol. The average molecular weight is 264 g/mol. The number of ether oxygens (including phenoxy) is 2. The minimum Gasteiger partial charge on any atom is -0.493 e. The summed E-state index contributed by atoms with van der Waals surface area (Å²) in [7, 11) is 2.99. The lowest BCUT2D eigenvalue weighted by Gasteiger charge is -2.15. The van der Waals surface area contributed by atoms with Gasteiger partial charge in [-0.1, -0.05) is 13.3 Å². The molecule has 0 unspecified atom stereocenters. The fraction of sp³-hybridized carbons (Fsp3) is 0.500. The first-order valence-electron chi connectivity index (χ1n) is 5.31. The Morgan fingerprint density at radius 2 is 1.76 bits per heavy atom. The summed E-state index contributed by atoms with van der Waals surface area (Å²) in [6.45, 7) is 2.01. The van der Waals surface area contributed by atoms with Crippen molar-refractivity contribution < 1.29 is 13.9 Å². The van der Waals surface area contributed by atoms with Crippen LogP contribution in [0.25, 0.3) is 0 Å². The van der Waals surface area contributed by atoms with Crippen LogP contribution in [0.2, 0.25) is 0 Å². The number of hydrogen-bond donors (Lipinski definition) is 1. The van der Waals surface area contributed by atoms with Gasteiger partial charge in [0.2, 0.25) is 0 Å². The molecule has 98 valence electrons. The number of methoxy groups -OCH3 is 2. The topological polar surface area (TPSA) is 44.5 Å². The van der Waals surface area contributed by atoms with E-state index in [1.165, 1.54) is 20.3 Å². The maximum atomic E-state index is 13.7. The molecule has 17 heavy (non-hydrogen) atoms. The highest BCUT2D eigenvalue weighted by Crippen LogP contribution is 2.32. The molecule has 1 aromatic carbocycles. The van der Waals surface area contributed by atoms with E-state index in [9.17, 15) is 4.39 Å². The third kappa shape index (κ3) is 3.75. The highest BCUT2D eigenvalue weighted by atomic mass is 35.5. The Kier molecular flexibility index (Phi) is 6.92. The Labute approximate surface area is 108 Å². The third-order valence-electron chi connectivity index (χ3n) is 2.50. The van der Waals surface area contributed by atoms with Crippen molar-refractivity contribution >= 4 is 12.4 Å². The van der Waals surface area contributed by atoms with Gasteiger partial charge in [0.05, 0.1) is 14.2 Å². The fourth-order valence-corrected chi connectivity index (χ4v) is 1.62. The normalized spacial score (nSPS) is 11.6. The lowest BCUT2D eigenvalue weighted by molar-refractivity contribution is 0.350. The maximum Gasteiger partial charge on any atom is 0.163 e. The highest BCUT2D eigenvalue weighted by molar-refractivity contribution is 5.85. The first-order chi connectivity index (χ1) is 7.63. The van der Waals surface area contributed by atoms with E-state index in [1.807, 2.05) is 6.92 Å². The summed E-state index contributed by atoms with van der Waals surface area (Å²) in [5, 5.41) is 0. The van der Waals surface area contributed by atoms with Crippen molar-refractivity contribution in [1.29, 1.82) is 0 Å². The quantitative estimate of drug-likeness (QED) is 0.888. The number of rotatable bonds is 5. The van der Waals surface area contributed by atoms with Crippen LogP contribution in [0.5, 0.6) is 11.5 Å². The van der Waals surface area contributed by atoms with Gasteiger partial charge in [0.15, 0.2) is 11.5 Å². The Bertz CT molecular complexity index is 361. The predicted octanol–water partition coefficient (Wildman–Crippen LogP) is 3.06. The molecule has 0 aliphatic rings. The van der Waals surface area contributed by atoms with Gasteiger partial charge in [-0.25, -0.2) is 4.39 Å². The second kappa shape index (κ2) is 7.35. The zero-order valence-corrected chi connectivity index (χ0v) is 11.1. The molecule has 1 atom stereocenters. The van der Waals surface area contributed by atoms with Gasteiger partial charge >= 0.3 is 0 Å². The standard InChI is InChI=1S/C12H18FNO2.ClH/c1-4-5-10(14)8-6-11(15-2)12(16-3)7-9(8)13;/h6-7,10H,4-5,14H2,1-3H3;1H/t10-;/m1./s1. The van der Waals surface area contributed by atoms with Crippen molar-refractivity contribution in [2.24, 2.45) is 5.73 Å². The number of halogens is 2. The van der Waals surface area contributed by atoms with E-state index in [-0.39, 0.29) is 24.3 Å². The summed E-state index contributed by atoms with van der Waals surface area (Å²) in [6, 6.07) is 2.61. The molecule has 1 aromatic rings. The molecule has 0 fully saturated rings. The van der Waals surface area contributed by atoms with Crippen molar-refractivity contribution in [3.8, 4) is 11.5 Å². The molecule has 2 N–H and O–H groups in total. The molecule has 0 spiro atoms. The van der Waals surface area contributed by atoms with E-state index in [2.05, 4.69) is 0 Å². The van der Waals surface area contributed by atoms with Gasteiger partial charge in [0.1, 0.15) is 5.82 Å². The van der Waals surface area contributed by atoms with Crippen molar-refractivity contribution in [3.63, 3.8) is 0 Å². The SMILES string of the molecule is CCC[C@@H](N)c1cc(OC)c(OC)cc1F.Cl. The van der Waals surface area contributed by atoms with Crippen molar-refractivity contribution in [2.75, 3.05) is 14.2 Å². The molecule has 5 heteroatoms. The molecule has 0 aromatic heterocycles. The molecule has 1 rings (SSSR count). The maximum absolute atomic E-state index is 13.7. The van der Waals surface area contributed by atoms with E-state index in [0.717, 1.165) is 12.8 Å². The Morgan fingerprint density at radius 1 is 1.24 bits per heavy atom. The second-order valence-corrected chi connectivity index (χ2v) is 3.62. The summed E-state index contributed by atoms with van der Waals surface area (Å²) < 4.78 is 23.8. The number of nitrogens with two attached hydrogens (primary N) is 1. The van der Waals surface area contributed by atoms with Gasteiger partial charge in [0.25, 0.3) is 0 Å². The Morgan fingerprint density at radius 3 is 2.24 bits per heavy atom. The molecule has 0 saturated heterocycles. The predicted molar refractivity (Wildman–Crippen MR) is 68.6 cm³/mol. The first-order valence-corrected chi connectivity index (χ1v) is 5.31. The summed E-state index contributed by atoms with van der Waals surface area (Å²) in [6.07, 6.45) is 1.65. The van der Waals surface area contributed by atoms with E-state index in [4.69, 9.17) is 15.2 Å². The molecule has 0 amide bonds. The zero-order valence-electron chi connectivity index (χ0n) is 10.3. The van der Waals surface area contributed by atoms with E-state index < -0.39 is 0 Å². The van der Waals surface area contributed by atoms with Crippen LogP contribution in [-0.2, 0) is 0 Å². The lowest BCUT2D eigenvalue weighted by Crippen LogP contribution is -2.12. The second-order valence-electron chi connectivity index (χ2n) is 3.62. The molecule has 0 aliphatic carbocycles. The van der Waals surface area contributed by atoms with E-state index in [1.54, 1.807) is 6.07 Å². The van der Waals surface area contributed by atoms with E-state index in [0.29, 0.717) is 17.1 Å². The highest BCUT2D eigenvalue weighted by Gasteiger charge is 2.15. The number of benzene rings is 1. The Hall–Kier alpha value is -1.00. The Balaban J connectivity index is 0.00000256. The molecule has 0 aliphatic heterocycles. The molecule has 3 nitrogen and oxygen atoms in total. The molecule has 0 bridgehead atoms. The molecule has 0 saturated carbocycles. The van der Waals surface area contributed by atoms with Crippen LogP contribution in [0, 0.1) is 5.82 Å². The first kappa shape index (κ1) is 16.0. The zero-order chi connectivity index (χ0) is 12.1. The summed E-state index contributed by atoms with van der Waals surface area (Å²) >= 11 is 0. The van der Waals surface area contributed by atoms with Crippen LogP contribution in [0.4, 0.5) is 4.39 Å². The van der Waals surface area contributed by atoms with Gasteiger partial charge in [-0.05, 0) is 12.5 Å². The summed E-state index contributed by atoms with van der Waals surface area (Å²) in [5.41, 5.74) is 6.36.